The van der Waals surface area contributed by atoms with Crippen LogP contribution in [0.5, 0.6) is 0 Å². The summed E-state index contributed by atoms with van der Waals surface area (Å²) in [7, 11) is 0. The minimum absolute atomic E-state index is 0.174. The van der Waals surface area contributed by atoms with E-state index in [1.165, 1.54) is 28.2 Å². The second kappa shape index (κ2) is 14.4. The molecule has 0 amide bonds. The minimum Gasteiger partial charge on any atom is -0.481 e. The van der Waals surface area contributed by atoms with Crippen LogP contribution in [0.4, 0.5) is 11.4 Å². The van der Waals surface area contributed by atoms with E-state index in [0.29, 0.717) is 6.42 Å². The number of hydrogen-bond donors (Lipinski definition) is 1. The molecule has 0 saturated heterocycles. The van der Waals surface area contributed by atoms with E-state index >= 15 is 0 Å². The van der Waals surface area contributed by atoms with E-state index in [1.54, 1.807) is 0 Å². The fourth-order valence-corrected chi connectivity index (χ4v) is 8.71. The molecule has 0 saturated carbocycles. The molecule has 0 aliphatic carbocycles. The van der Waals surface area contributed by atoms with Gasteiger partial charge in [-0.25, -0.2) is 0 Å². The van der Waals surface area contributed by atoms with Crippen molar-refractivity contribution in [2.45, 2.75) is 77.6 Å². The molecule has 8 heteroatoms. The molecule has 1 N–H and O–H groups in total. The van der Waals surface area contributed by atoms with Crippen LogP contribution in [0, 0.1) is 0 Å². The van der Waals surface area contributed by atoms with Crippen LogP contribution in [0.25, 0.3) is 0 Å². The highest BCUT2D eigenvalue weighted by atomic mass is 35.5. The van der Waals surface area contributed by atoms with Gasteiger partial charge < -0.3 is 10.0 Å². The van der Waals surface area contributed by atoms with E-state index in [0.717, 1.165) is 75.8 Å². The average Bonchev–Trinajstić information content (AvgIpc) is 3.33. The summed E-state index contributed by atoms with van der Waals surface area (Å²) in [5, 5.41) is 11.4. The van der Waals surface area contributed by atoms with Crippen molar-refractivity contribution in [1.29, 1.82) is 0 Å². The molecule has 46 heavy (non-hydrogen) atoms. The number of unbranched alkanes of at least 4 members (excludes halogenated alkanes) is 2. The second-order valence-electron chi connectivity index (χ2n) is 13.4. The SMILES string of the molecule is CCC[N+]1=C(/C=C/C2=C(Cl)C(=C/C=C3/N(CCCCCC(=O)O)c4ccc(Cl)cc4C3(C)C)/CSC2)C(C)(C)c2cc(Cl)ccc21. The van der Waals surface area contributed by atoms with Crippen LogP contribution in [0.1, 0.15) is 77.8 Å². The van der Waals surface area contributed by atoms with Crippen molar-refractivity contribution >= 4 is 69.6 Å². The van der Waals surface area contributed by atoms with Gasteiger partial charge in [-0.3, -0.25) is 4.79 Å². The van der Waals surface area contributed by atoms with Gasteiger partial charge in [-0.15, -0.1) is 0 Å². The average molecular weight is 699 g/mol. The number of benzene rings is 2. The van der Waals surface area contributed by atoms with Crippen LogP contribution >= 0.6 is 46.6 Å². The Bertz CT molecular complexity index is 1680. The number of halogens is 3. The molecular formula is C38H44Cl3N2O2S+. The van der Waals surface area contributed by atoms with Gasteiger partial charge in [0.2, 0.25) is 5.69 Å². The summed E-state index contributed by atoms with van der Waals surface area (Å²) in [5.74, 6) is 0.974. The monoisotopic (exact) mass is 697 g/mol. The normalized spacial score (nSPS) is 20.4. The highest BCUT2D eigenvalue weighted by Gasteiger charge is 2.44. The largest absolute Gasteiger partial charge is 0.481 e. The van der Waals surface area contributed by atoms with E-state index < -0.39 is 5.97 Å². The number of carbonyl (C=O) groups is 1. The number of thioether (sulfide) groups is 1. The van der Waals surface area contributed by atoms with Gasteiger partial charge in [-0.1, -0.05) is 74.1 Å². The number of carboxylic acids is 1. The Morgan fingerprint density at radius 3 is 2.37 bits per heavy atom. The van der Waals surface area contributed by atoms with Crippen molar-refractivity contribution in [3.05, 3.63) is 104 Å². The Hall–Kier alpha value is -2.44. The molecule has 5 rings (SSSR count). The first-order valence-electron chi connectivity index (χ1n) is 16.2. The van der Waals surface area contributed by atoms with Gasteiger partial charge in [0.25, 0.3) is 0 Å². The summed E-state index contributed by atoms with van der Waals surface area (Å²) >= 11 is 21.9. The van der Waals surface area contributed by atoms with Gasteiger partial charge >= 0.3 is 5.97 Å². The third kappa shape index (κ3) is 7.04. The molecule has 0 radical (unpaired) electrons. The van der Waals surface area contributed by atoms with E-state index in [2.05, 4.69) is 92.7 Å². The quantitative estimate of drug-likeness (QED) is 0.187. The van der Waals surface area contributed by atoms with Crippen molar-refractivity contribution in [1.82, 2.24) is 0 Å². The lowest BCUT2D eigenvalue weighted by Gasteiger charge is -2.27. The van der Waals surface area contributed by atoms with Crippen LogP contribution in [-0.4, -0.2) is 46.0 Å². The number of carboxylic acid groups (broad SMARTS) is 1. The second-order valence-corrected chi connectivity index (χ2v) is 15.6. The molecule has 0 unspecified atom stereocenters. The summed E-state index contributed by atoms with van der Waals surface area (Å²) in [6.45, 7) is 13.0. The molecule has 244 valence electrons. The zero-order valence-corrected chi connectivity index (χ0v) is 30.5. The Labute approximate surface area is 293 Å². The van der Waals surface area contributed by atoms with Gasteiger partial charge in [0.1, 0.15) is 6.54 Å². The molecule has 2 aromatic rings. The number of nitrogens with zero attached hydrogens (tertiary/aromatic N) is 2. The van der Waals surface area contributed by atoms with Crippen LogP contribution in [-0.2, 0) is 15.6 Å². The van der Waals surface area contributed by atoms with Gasteiger partial charge in [-0.2, -0.15) is 16.3 Å². The third-order valence-electron chi connectivity index (χ3n) is 9.39. The smallest absolute Gasteiger partial charge is 0.303 e. The van der Waals surface area contributed by atoms with E-state index in [9.17, 15) is 4.79 Å². The standard InChI is InChI=1S/C38H43Cl3N2O2S/c1-6-19-42-31-15-13-27(39)21-29(31)37(2,3)33(42)17-11-25-23-46-24-26(36(25)41)12-18-34-38(4,5)30-22-28(40)14-16-32(30)43(34)20-9-7-8-10-35(44)45/h11-18,21-22H,6-10,19-20,23-24H2,1-5H3/p+1. The molecule has 3 aliphatic rings. The zero-order chi connectivity index (χ0) is 33.2. The number of anilines is 1. The maximum Gasteiger partial charge on any atom is 0.303 e. The fourth-order valence-electron chi connectivity index (χ4n) is 6.93. The maximum atomic E-state index is 11.0. The summed E-state index contributed by atoms with van der Waals surface area (Å²) in [6, 6.07) is 12.4. The topological polar surface area (TPSA) is 43.5 Å². The molecule has 2 aromatic carbocycles. The summed E-state index contributed by atoms with van der Waals surface area (Å²) in [6.07, 6.45) is 12.6. The van der Waals surface area contributed by atoms with Gasteiger partial charge in [0.05, 0.1) is 5.41 Å². The molecule has 0 atom stereocenters. The summed E-state index contributed by atoms with van der Waals surface area (Å²) < 4.78 is 2.43. The highest BCUT2D eigenvalue weighted by Crippen LogP contribution is 2.49. The first-order chi connectivity index (χ1) is 21.9. The number of fused-ring (bicyclic) bond motifs is 2. The molecule has 4 nitrogen and oxygen atoms in total. The predicted octanol–water partition coefficient (Wildman–Crippen LogP) is 10.8. The Balaban J connectivity index is 1.45. The van der Waals surface area contributed by atoms with Crippen LogP contribution in [0.2, 0.25) is 10.0 Å². The Kier molecular flexibility index (Phi) is 10.9. The van der Waals surface area contributed by atoms with Crippen molar-refractivity contribution in [2.75, 3.05) is 29.5 Å². The summed E-state index contributed by atoms with van der Waals surface area (Å²) in [4.78, 5) is 13.4. The van der Waals surface area contributed by atoms with E-state index in [1.807, 2.05) is 23.9 Å². The maximum absolute atomic E-state index is 11.0. The van der Waals surface area contributed by atoms with Gasteiger partial charge in [0, 0.05) is 80.5 Å². The van der Waals surface area contributed by atoms with Crippen molar-refractivity contribution in [3.8, 4) is 0 Å². The Morgan fingerprint density at radius 2 is 1.65 bits per heavy atom. The van der Waals surface area contributed by atoms with Gasteiger partial charge in [0.15, 0.2) is 5.71 Å². The molecule has 3 aliphatic heterocycles. The lowest BCUT2D eigenvalue weighted by molar-refractivity contribution is -0.437. The molecule has 0 bridgehead atoms. The van der Waals surface area contributed by atoms with Gasteiger partial charge in [-0.05, 0) is 79.8 Å². The van der Waals surface area contributed by atoms with Crippen LogP contribution in [0.3, 0.4) is 0 Å². The van der Waals surface area contributed by atoms with E-state index in [4.69, 9.17) is 39.9 Å². The summed E-state index contributed by atoms with van der Waals surface area (Å²) in [5.41, 5.74) is 9.14. The Morgan fingerprint density at radius 1 is 0.935 bits per heavy atom. The first-order valence-corrected chi connectivity index (χ1v) is 18.5. The number of aliphatic carboxylic acids is 1. The van der Waals surface area contributed by atoms with Crippen molar-refractivity contribution < 1.29 is 14.5 Å². The number of rotatable bonds is 11. The molecule has 0 spiro atoms. The molecular weight excluding hydrogens is 655 g/mol. The number of hydrogen-bond acceptors (Lipinski definition) is 3. The fraction of sp³-hybridized carbons (Fsp3) is 0.421. The van der Waals surface area contributed by atoms with Crippen LogP contribution in [0.15, 0.2) is 82.6 Å². The molecule has 3 heterocycles. The lowest BCUT2D eigenvalue weighted by Crippen LogP contribution is -2.28. The first kappa shape index (κ1) is 34.9. The van der Waals surface area contributed by atoms with E-state index in [-0.39, 0.29) is 17.3 Å². The number of allylic oxidation sites excluding steroid dienone is 6. The predicted molar refractivity (Wildman–Crippen MR) is 198 cm³/mol. The van der Waals surface area contributed by atoms with Crippen molar-refractivity contribution in [2.24, 2.45) is 0 Å². The highest BCUT2D eigenvalue weighted by molar-refractivity contribution is 7.99. The molecule has 0 aromatic heterocycles. The lowest BCUT2D eigenvalue weighted by atomic mass is 9.81. The molecule has 0 fully saturated rings. The minimum atomic E-state index is -0.738. The zero-order valence-electron chi connectivity index (χ0n) is 27.4. The van der Waals surface area contributed by atoms with Crippen molar-refractivity contribution in [3.63, 3.8) is 0 Å². The van der Waals surface area contributed by atoms with Crippen LogP contribution < -0.4 is 4.90 Å². The third-order valence-corrected chi connectivity index (χ3v) is 11.4.